The summed E-state index contributed by atoms with van der Waals surface area (Å²) in [6.07, 6.45) is 1.42. The third kappa shape index (κ3) is 4.02. The molecule has 1 aromatic heterocycles. The van der Waals surface area contributed by atoms with Gasteiger partial charge in [0, 0.05) is 7.05 Å². The second kappa shape index (κ2) is 7.51. The van der Waals surface area contributed by atoms with Crippen LogP contribution in [0.25, 0.3) is 0 Å². The van der Waals surface area contributed by atoms with E-state index in [-0.39, 0.29) is 12.5 Å². The number of amides is 1. The number of furan rings is 1. The largest absolute Gasteiger partial charge is 0.497 e. The van der Waals surface area contributed by atoms with Crippen LogP contribution in [0.1, 0.15) is 16.1 Å². The van der Waals surface area contributed by atoms with Crippen LogP contribution in [0.2, 0.25) is 0 Å². The Labute approximate surface area is 129 Å². The van der Waals surface area contributed by atoms with Gasteiger partial charge >= 0.3 is 0 Å². The molecule has 0 fully saturated rings. The van der Waals surface area contributed by atoms with Gasteiger partial charge in [-0.05, 0) is 30.3 Å². The highest BCUT2D eigenvalue weighted by atomic mass is 16.5. The number of hydrogen-bond donors (Lipinski definition) is 1. The Morgan fingerprint density at radius 1 is 1.27 bits per heavy atom. The van der Waals surface area contributed by atoms with Crippen LogP contribution in [0.5, 0.6) is 11.5 Å². The van der Waals surface area contributed by atoms with E-state index >= 15 is 0 Å². The van der Waals surface area contributed by atoms with Crippen molar-refractivity contribution in [3.8, 4) is 11.5 Å². The van der Waals surface area contributed by atoms with Gasteiger partial charge in [0.2, 0.25) is 0 Å². The Kier molecular flexibility index (Phi) is 5.43. The Hall–Kier alpha value is -2.47. The first-order chi connectivity index (χ1) is 10.6. The lowest BCUT2D eigenvalue weighted by Gasteiger charge is -2.16. The van der Waals surface area contributed by atoms with Gasteiger partial charge in [0.25, 0.3) is 5.91 Å². The summed E-state index contributed by atoms with van der Waals surface area (Å²) in [4.78, 5) is 13.7. The highest BCUT2D eigenvalue weighted by Gasteiger charge is 2.14. The molecule has 0 atom stereocenters. The van der Waals surface area contributed by atoms with E-state index in [2.05, 4.69) is 0 Å². The van der Waals surface area contributed by atoms with Crippen molar-refractivity contribution in [1.82, 2.24) is 4.90 Å². The van der Waals surface area contributed by atoms with Crippen LogP contribution < -0.4 is 15.2 Å². The fraction of sp³-hybridized carbons (Fsp3) is 0.312. The van der Waals surface area contributed by atoms with Crippen LogP contribution in [-0.4, -0.2) is 38.1 Å². The predicted octanol–water partition coefficient (Wildman–Crippen LogP) is 1.90. The second-order valence-corrected chi connectivity index (χ2v) is 4.76. The van der Waals surface area contributed by atoms with Crippen LogP contribution in [0.4, 0.5) is 0 Å². The molecule has 6 heteroatoms. The van der Waals surface area contributed by atoms with E-state index in [0.29, 0.717) is 24.5 Å². The minimum Gasteiger partial charge on any atom is -0.497 e. The van der Waals surface area contributed by atoms with Crippen molar-refractivity contribution in [2.24, 2.45) is 5.73 Å². The summed E-state index contributed by atoms with van der Waals surface area (Å²) in [5, 5.41) is 0. The fourth-order valence-corrected chi connectivity index (χ4v) is 1.89. The number of methoxy groups -OCH3 is 1. The van der Waals surface area contributed by atoms with Gasteiger partial charge in [-0.1, -0.05) is 0 Å². The van der Waals surface area contributed by atoms with Crippen molar-refractivity contribution < 1.29 is 18.7 Å². The third-order valence-corrected chi connectivity index (χ3v) is 3.20. The van der Waals surface area contributed by atoms with Gasteiger partial charge in [0.1, 0.15) is 30.1 Å². The van der Waals surface area contributed by atoms with E-state index in [4.69, 9.17) is 19.6 Å². The number of carbonyl (C=O) groups is 1. The second-order valence-electron chi connectivity index (χ2n) is 4.76. The maximum atomic E-state index is 12.2. The number of hydrogen-bond acceptors (Lipinski definition) is 5. The lowest BCUT2D eigenvalue weighted by atomic mass is 10.2. The molecular formula is C16H20N2O4. The molecule has 0 unspecified atom stereocenters. The van der Waals surface area contributed by atoms with Crippen molar-refractivity contribution in [2.75, 3.05) is 27.3 Å². The average molecular weight is 304 g/mol. The molecule has 118 valence electrons. The zero-order chi connectivity index (χ0) is 15.9. The van der Waals surface area contributed by atoms with Crippen molar-refractivity contribution in [3.63, 3.8) is 0 Å². The van der Waals surface area contributed by atoms with E-state index in [0.717, 1.165) is 11.5 Å². The zero-order valence-electron chi connectivity index (χ0n) is 12.7. The molecule has 2 aromatic rings. The van der Waals surface area contributed by atoms with Crippen molar-refractivity contribution in [1.29, 1.82) is 0 Å². The third-order valence-electron chi connectivity index (χ3n) is 3.20. The summed E-state index contributed by atoms with van der Waals surface area (Å²) in [6, 6.07) is 8.95. The van der Waals surface area contributed by atoms with Gasteiger partial charge in [-0.15, -0.1) is 0 Å². The van der Waals surface area contributed by atoms with Crippen LogP contribution >= 0.6 is 0 Å². The molecule has 0 radical (unpaired) electrons. The van der Waals surface area contributed by atoms with Crippen LogP contribution in [-0.2, 0) is 6.54 Å². The van der Waals surface area contributed by atoms with Gasteiger partial charge in [-0.25, -0.2) is 0 Å². The highest BCUT2D eigenvalue weighted by Crippen LogP contribution is 2.17. The highest BCUT2D eigenvalue weighted by molar-refractivity contribution is 5.93. The van der Waals surface area contributed by atoms with E-state index in [1.54, 1.807) is 25.1 Å². The molecular weight excluding hydrogens is 284 g/mol. The summed E-state index contributed by atoms with van der Waals surface area (Å²) in [5.41, 5.74) is 5.95. The van der Waals surface area contributed by atoms with Crippen molar-refractivity contribution in [2.45, 2.75) is 6.54 Å². The Morgan fingerprint density at radius 3 is 2.55 bits per heavy atom. The van der Waals surface area contributed by atoms with E-state index in [9.17, 15) is 4.79 Å². The SMILES string of the molecule is COc1ccc(OCCN(C)C(=O)c2coc(CN)c2)cc1. The monoisotopic (exact) mass is 304 g/mol. The summed E-state index contributed by atoms with van der Waals surface area (Å²) < 4.78 is 15.8. The number of nitrogens with two attached hydrogens (primary N) is 1. The number of likely N-dealkylation sites (N-methyl/N-ethyl adjacent to an activating group) is 1. The molecule has 2 N–H and O–H groups in total. The van der Waals surface area contributed by atoms with E-state index < -0.39 is 0 Å². The maximum Gasteiger partial charge on any atom is 0.256 e. The van der Waals surface area contributed by atoms with Gasteiger partial charge in [0.05, 0.1) is 25.8 Å². The smallest absolute Gasteiger partial charge is 0.256 e. The van der Waals surface area contributed by atoms with Gasteiger partial charge in [-0.2, -0.15) is 0 Å². The number of benzene rings is 1. The summed E-state index contributed by atoms with van der Waals surface area (Å²) in [7, 11) is 3.33. The van der Waals surface area contributed by atoms with Crippen LogP contribution in [0.15, 0.2) is 41.0 Å². The topological polar surface area (TPSA) is 77.9 Å². The van der Waals surface area contributed by atoms with Crippen LogP contribution in [0.3, 0.4) is 0 Å². The molecule has 0 aliphatic heterocycles. The normalized spacial score (nSPS) is 10.3. The fourth-order valence-electron chi connectivity index (χ4n) is 1.89. The number of rotatable bonds is 7. The number of nitrogens with zero attached hydrogens (tertiary/aromatic N) is 1. The maximum absolute atomic E-state index is 12.2. The van der Waals surface area contributed by atoms with Crippen molar-refractivity contribution in [3.05, 3.63) is 47.9 Å². The van der Waals surface area contributed by atoms with Gasteiger partial charge < -0.3 is 24.5 Å². The predicted molar refractivity (Wildman–Crippen MR) is 82.0 cm³/mol. The standard InChI is InChI=1S/C16H20N2O4/c1-18(16(19)12-9-15(10-17)22-11-12)7-8-21-14-5-3-13(20-2)4-6-14/h3-6,9,11H,7-8,10,17H2,1-2H3. The molecule has 2 rings (SSSR count). The minimum atomic E-state index is -0.123. The molecule has 0 aliphatic carbocycles. The number of ether oxygens (including phenoxy) is 2. The first kappa shape index (κ1) is 15.9. The van der Waals surface area contributed by atoms with E-state index in [1.165, 1.54) is 6.26 Å². The summed E-state index contributed by atoms with van der Waals surface area (Å²) in [6.45, 7) is 1.14. The van der Waals surface area contributed by atoms with Gasteiger partial charge in [0.15, 0.2) is 0 Å². The Balaban J connectivity index is 1.81. The molecule has 0 saturated carbocycles. The zero-order valence-corrected chi connectivity index (χ0v) is 12.7. The molecule has 1 heterocycles. The summed E-state index contributed by atoms with van der Waals surface area (Å²) in [5.74, 6) is 1.97. The molecule has 0 bridgehead atoms. The Bertz CT molecular complexity index is 607. The lowest BCUT2D eigenvalue weighted by Crippen LogP contribution is -2.30. The number of carbonyl (C=O) groups excluding carboxylic acids is 1. The molecule has 0 saturated heterocycles. The average Bonchev–Trinajstić information content (AvgIpc) is 3.03. The first-order valence-electron chi connectivity index (χ1n) is 6.94. The molecule has 6 nitrogen and oxygen atoms in total. The molecule has 1 amide bonds. The van der Waals surface area contributed by atoms with E-state index in [1.807, 2.05) is 24.3 Å². The first-order valence-corrected chi connectivity index (χ1v) is 6.94. The minimum absolute atomic E-state index is 0.123. The summed E-state index contributed by atoms with van der Waals surface area (Å²) >= 11 is 0. The van der Waals surface area contributed by atoms with Gasteiger partial charge in [-0.3, -0.25) is 4.79 Å². The van der Waals surface area contributed by atoms with Crippen LogP contribution in [0, 0.1) is 0 Å². The van der Waals surface area contributed by atoms with Crippen molar-refractivity contribution >= 4 is 5.91 Å². The lowest BCUT2D eigenvalue weighted by molar-refractivity contribution is 0.0773. The quantitative estimate of drug-likeness (QED) is 0.845. The molecule has 0 spiro atoms. The molecule has 0 aliphatic rings. The molecule has 1 aromatic carbocycles. The molecule has 22 heavy (non-hydrogen) atoms. The Morgan fingerprint density at radius 2 is 1.95 bits per heavy atom.